The first-order valence-corrected chi connectivity index (χ1v) is 5.73. The summed E-state index contributed by atoms with van der Waals surface area (Å²) >= 11 is 0. The van der Waals surface area contributed by atoms with Gasteiger partial charge in [-0.15, -0.1) is 0 Å². The van der Waals surface area contributed by atoms with Crippen LogP contribution in [0.15, 0.2) is 36.5 Å². The smallest absolute Gasteiger partial charge is 0.239 e. The maximum absolute atomic E-state index is 12.2. The molecule has 0 saturated carbocycles. The molecule has 1 fully saturated rings. The number of aromatic nitrogens is 1. The van der Waals surface area contributed by atoms with Gasteiger partial charge in [0.2, 0.25) is 11.8 Å². The molecule has 1 saturated heterocycles. The lowest BCUT2D eigenvalue weighted by atomic mass is 9.85. The highest BCUT2D eigenvalue weighted by atomic mass is 16.2. The van der Waals surface area contributed by atoms with E-state index in [0.717, 1.165) is 0 Å². The van der Waals surface area contributed by atoms with Crippen LogP contribution in [-0.2, 0) is 9.59 Å². The van der Waals surface area contributed by atoms with Crippen LogP contribution in [0.4, 0.5) is 5.82 Å². The third-order valence-corrected chi connectivity index (χ3v) is 3.39. The monoisotopic (exact) mass is 228 g/mol. The second-order valence-corrected chi connectivity index (χ2v) is 4.36. The van der Waals surface area contributed by atoms with Crippen LogP contribution in [0.5, 0.6) is 0 Å². The summed E-state index contributed by atoms with van der Waals surface area (Å²) in [6.07, 6.45) is 6.88. The van der Waals surface area contributed by atoms with Crippen LogP contribution in [0, 0.1) is 11.8 Å². The number of hydrogen-bond donors (Lipinski definition) is 0. The number of imide groups is 1. The molecule has 4 heteroatoms. The van der Waals surface area contributed by atoms with Crippen LogP contribution in [0.1, 0.15) is 12.8 Å². The Morgan fingerprint density at radius 2 is 1.71 bits per heavy atom. The third kappa shape index (κ3) is 1.48. The average molecular weight is 228 g/mol. The fourth-order valence-electron chi connectivity index (χ4n) is 2.51. The number of rotatable bonds is 1. The van der Waals surface area contributed by atoms with Gasteiger partial charge in [0, 0.05) is 6.20 Å². The first-order chi connectivity index (χ1) is 8.29. The molecule has 86 valence electrons. The van der Waals surface area contributed by atoms with Gasteiger partial charge in [0.05, 0.1) is 11.8 Å². The zero-order valence-corrected chi connectivity index (χ0v) is 9.24. The summed E-state index contributed by atoms with van der Waals surface area (Å²) in [4.78, 5) is 29.7. The molecule has 2 heterocycles. The van der Waals surface area contributed by atoms with Gasteiger partial charge in [-0.05, 0) is 25.0 Å². The van der Waals surface area contributed by atoms with Gasteiger partial charge in [-0.2, -0.15) is 0 Å². The van der Waals surface area contributed by atoms with Crippen molar-refractivity contribution < 1.29 is 9.59 Å². The molecule has 0 bridgehead atoms. The number of carbonyl (C=O) groups is 2. The molecule has 1 aliphatic carbocycles. The standard InChI is InChI=1S/C13H12N2O2/c16-12-9-5-1-2-6-10(9)13(17)15(12)11-7-3-4-8-14-11/h1-4,7-10H,5-6H2/t9-,10-/m1/s1. The van der Waals surface area contributed by atoms with Gasteiger partial charge >= 0.3 is 0 Å². The number of fused-ring (bicyclic) bond motifs is 1. The molecule has 0 spiro atoms. The largest absolute Gasteiger partial charge is 0.274 e. The van der Waals surface area contributed by atoms with Crippen molar-refractivity contribution in [1.82, 2.24) is 4.98 Å². The highest BCUT2D eigenvalue weighted by Crippen LogP contribution is 2.36. The van der Waals surface area contributed by atoms with E-state index in [1.54, 1.807) is 24.4 Å². The zero-order valence-electron chi connectivity index (χ0n) is 9.24. The molecule has 0 aromatic carbocycles. The summed E-state index contributed by atoms with van der Waals surface area (Å²) in [5, 5.41) is 0. The minimum Gasteiger partial charge on any atom is -0.274 e. The Bertz CT molecular complexity index is 469. The van der Waals surface area contributed by atoms with E-state index in [0.29, 0.717) is 18.7 Å². The van der Waals surface area contributed by atoms with Crippen LogP contribution in [0.2, 0.25) is 0 Å². The van der Waals surface area contributed by atoms with Gasteiger partial charge < -0.3 is 0 Å². The Kier molecular flexibility index (Phi) is 2.28. The molecule has 2 aliphatic rings. The summed E-state index contributed by atoms with van der Waals surface area (Å²) in [5.74, 6) is -0.146. The Morgan fingerprint density at radius 1 is 1.06 bits per heavy atom. The van der Waals surface area contributed by atoms with Crippen LogP contribution in [0.25, 0.3) is 0 Å². The van der Waals surface area contributed by atoms with Gasteiger partial charge in [0.1, 0.15) is 5.82 Å². The molecule has 0 radical (unpaired) electrons. The second kappa shape index (κ2) is 3.80. The fourth-order valence-corrected chi connectivity index (χ4v) is 2.51. The summed E-state index contributed by atoms with van der Waals surface area (Å²) in [6, 6.07) is 5.24. The lowest BCUT2D eigenvalue weighted by molar-refractivity contribution is -0.122. The van der Waals surface area contributed by atoms with Gasteiger partial charge in [0.15, 0.2) is 0 Å². The van der Waals surface area contributed by atoms with E-state index in [2.05, 4.69) is 4.98 Å². The SMILES string of the molecule is O=C1[C@@H]2CC=CC[C@H]2C(=O)N1c1ccccn1. The quantitative estimate of drug-likeness (QED) is 0.541. The predicted octanol–water partition coefficient (Wildman–Crippen LogP) is 1.54. The Hall–Kier alpha value is -1.97. The molecule has 1 aliphatic heterocycles. The molecule has 0 N–H and O–H groups in total. The number of carbonyl (C=O) groups excluding carboxylic acids is 2. The van der Waals surface area contributed by atoms with Gasteiger partial charge in [0.25, 0.3) is 0 Å². The zero-order chi connectivity index (χ0) is 11.8. The minimum absolute atomic E-state index is 0.108. The second-order valence-electron chi connectivity index (χ2n) is 4.36. The topological polar surface area (TPSA) is 50.3 Å². The number of nitrogens with zero attached hydrogens (tertiary/aromatic N) is 2. The molecule has 0 unspecified atom stereocenters. The van der Waals surface area contributed by atoms with Crippen molar-refractivity contribution in [3.8, 4) is 0 Å². The Morgan fingerprint density at radius 3 is 2.24 bits per heavy atom. The first-order valence-electron chi connectivity index (χ1n) is 5.73. The summed E-state index contributed by atoms with van der Waals surface area (Å²) < 4.78 is 0. The molecule has 3 rings (SSSR count). The van der Waals surface area contributed by atoms with Crippen LogP contribution in [-0.4, -0.2) is 16.8 Å². The van der Waals surface area contributed by atoms with E-state index < -0.39 is 0 Å². The van der Waals surface area contributed by atoms with Crippen LogP contribution in [0.3, 0.4) is 0 Å². The van der Waals surface area contributed by atoms with Crippen molar-refractivity contribution in [3.05, 3.63) is 36.5 Å². The van der Waals surface area contributed by atoms with Crippen molar-refractivity contribution in [2.24, 2.45) is 11.8 Å². The van der Waals surface area contributed by atoms with Gasteiger partial charge in [-0.1, -0.05) is 18.2 Å². The first kappa shape index (κ1) is 10.2. The summed E-state index contributed by atoms with van der Waals surface area (Å²) in [7, 11) is 0. The number of anilines is 1. The Balaban J connectivity index is 1.98. The van der Waals surface area contributed by atoms with Crippen molar-refractivity contribution in [3.63, 3.8) is 0 Å². The van der Waals surface area contributed by atoms with Crippen molar-refractivity contribution in [1.29, 1.82) is 0 Å². The maximum Gasteiger partial charge on any atom is 0.239 e. The fraction of sp³-hybridized carbons (Fsp3) is 0.308. The predicted molar refractivity (Wildman–Crippen MR) is 62.1 cm³/mol. The summed E-state index contributed by atoms with van der Waals surface area (Å²) in [5.41, 5.74) is 0. The van der Waals surface area contributed by atoms with Crippen molar-refractivity contribution in [2.45, 2.75) is 12.8 Å². The van der Waals surface area contributed by atoms with Crippen LogP contribution >= 0.6 is 0 Å². The highest BCUT2D eigenvalue weighted by Gasteiger charge is 2.48. The number of pyridine rings is 1. The molecule has 2 amide bonds. The van der Waals surface area contributed by atoms with E-state index in [-0.39, 0.29) is 23.7 Å². The molecule has 17 heavy (non-hydrogen) atoms. The molecule has 1 aromatic rings. The van der Waals surface area contributed by atoms with E-state index >= 15 is 0 Å². The molecular formula is C13H12N2O2. The highest BCUT2D eigenvalue weighted by molar-refractivity contribution is 6.21. The number of allylic oxidation sites excluding steroid dienone is 2. The summed E-state index contributed by atoms with van der Waals surface area (Å²) in [6.45, 7) is 0. The van der Waals surface area contributed by atoms with Gasteiger partial charge in [-0.25, -0.2) is 9.88 Å². The minimum atomic E-state index is -0.186. The Labute approximate surface area is 99.0 Å². The molecule has 1 aromatic heterocycles. The lowest BCUT2D eigenvalue weighted by Crippen LogP contribution is -2.31. The number of amides is 2. The molecule has 4 nitrogen and oxygen atoms in total. The molecule has 2 atom stereocenters. The van der Waals surface area contributed by atoms with E-state index in [1.807, 2.05) is 12.2 Å². The lowest BCUT2D eigenvalue weighted by Gasteiger charge is -2.14. The van der Waals surface area contributed by atoms with Gasteiger partial charge in [-0.3, -0.25) is 9.59 Å². The van der Waals surface area contributed by atoms with E-state index in [9.17, 15) is 9.59 Å². The number of hydrogen-bond acceptors (Lipinski definition) is 3. The molecular weight excluding hydrogens is 216 g/mol. The normalized spacial score (nSPS) is 27.4. The van der Waals surface area contributed by atoms with Crippen molar-refractivity contribution in [2.75, 3.05) is 4.90 Å². The van der Waals surface area contributed by atoms with E-state index in [4.69, 9.17) is 0 Å². The van der Waals surface area contributed by atoms with E-state index in [1.165, 1.54) is 4.90 Å². The van der Waals surface area contributed by atoms with Crippen molar-refractivity contribution >= 4 is 17.6 Å². The average Bonchev–Trinajstić information content (AvgIpc) is 2.64. The maximum atomic E-state index is 12.2. The van der Waals surface area contributed by atoms with Crippen LogP contribution < -0.4 is 4.90 Å². The third-order valence-electron chi connectivity index (χ3n) is 3.39.